The van der Waals surface area contributed by atoms with Crippen LogP contribution in [-0.4, -0.2) is 58.1 Å². The fourth-order valence-electron chi connectivity index (χ4n) is 3.09. The molecule has 0 spiro atoms. The van der Waals surface area contributed by atoms with Crippen molar-refractivity contribution in [3.05, 3.63) is 28.2 Å². The number of carbonyl (C=O) groups is 3. The number of allylic oxidation sites excluding steroid dienone is 1. The molecule has 0 aliphatic rings. The molecule has 1 heterocycles. The van der Waals surface area contributed by atoms with E-state index in [2.05, 4.69) is 56.8 Å². The molecule has 0 fully saturated rings. The van der Waals surface area contributed by atoms with Crippen LogP contribution in [0.4, 0.5) is 0 Å². The lowest BCUT2D eigenvalue weighted by Gasteiger charge is -2.12. The first-order chi connectivity index (χ1) is 25.1. The highest BCUT2D eigenvalue weighted by atomic mass is 32.2. The summed E-state index contributed by atoms with van der Waals surface area (Å²) in [5, 5.41) is 6.23. The van der Waals surface area contributed by atoms with Crippen LogP contribution in [0, 0.1) is 0 Å². The molecule has 0 aromatic carbocycles. The Kier molecular flexibility index (Phi) is 77.4. The summed E-state index contributed by atoms with van der Waals surface area (Å²) in [5.74, 6) is 0.593. The number of thioether (sulfide) groups is 2. The SMILES string of the molecule is CC.CC.CC.CC.CCC.CCC.CCCCCCCC.CCO[C@H](/C=C/CCSC=O)CC(=O)NCc1nc(C(=N[C@H](C)C(C)=O)SC)cs1. The van der Waals surface area contributed by atoms with E-state index >= 15 is 0 Å². The number of amides is 1. The number of nitrogens with one attached hydrogen (secondary N) is 1. The van der Waals surface area contributed by atoms with Crippen molar-refractivity contribution in [2.45, 2.75) is 201 Å². The molecule has 1 N–H and O–H groups in total. The van der Waals surface area contributed by atoms with Gasteiger partial charge in [-0.25, -0.2) is 4.98 Å². The standard InChI is InChI=1S/C20H29N3O4S3.C8H18.2C3H8.4C2H6/c1-5-27-16(8-6-7-9-29-13-24)10-18(26)21-11-19-23-17(12-30-19)20(28-4)22-14(2)15(3)25;1-3-5-7-8-6-4-2;2*1-3-2;4*1-2/h6,8,12-14,16H,5,7,9-11H2,1-4H3,(H,21,26);3-8H2,1-2H3;2*3H2,1-2H3;4*1-2H3/b8-6+,22-20?;;;;;;;/t14-,16-;;;;;;;/m1......./s1. The second-order valence-corrected chi connectivity index (χ2v) is 12.7. The smallest absolute Gasteiger partial charge is 0.223 e. The van der Waals surface area contributed by atoms with Crippen LogP contribution in [0.15, 0.2) is 22.5 Å². The zero-order valence-electron chi connectivity index (χ0n) is 37.4. The minimum atomic E-state index is -0.405. The second-order valence-electron chi connectivity index (χ2n) is 10.0. The molecule has 0 saturated heterocycles. The van der Waals surface area contributed by atoms with Gasteiger partial charge in [0.25, 0.3) is 0 Å². The molecule has 0 radical (unpaired) electrons. The molecule has 1 aromatic heterocycles. The molecular formula is C42H87N3O4S3. The van der Waals surface area contributed by atoms with Gasteiger partial charge in [-0.1, -0.05) is 172 Å². The molecular weight excluding hydrogens is 707 g/mol. The number of aliphatic imine (C=N–C) groups is 1. The van der Waals surface area contributed by atoms with E-state index in [9.17, 15) is 14.4 Å². The van der Waals surface area contributed by atoms with Gasteiger partial charge in [-0.2, -0.15) is 0 Å². The number of unbranched alkanes of at least 4 members (excludes halogenated alkanes) is 5. The Morgan fingerprint density at radius 1 is 0.904 bits per heavy atom. The molecule has 0 saturated carbocycles. The van der Waals surface area contributed by atoms with E-state index in [1.807, 2.05) is 86.1 Å². The highest BCUT2D eigenvalue weighted by Gasteiger charge is 2.14. The van der Waals surface area contributed by atoms with Crippen molar-refractivity contribution in [3.63, 3.8) is 0 Å². The van der Waals surface area contributed by atoms with E-state index in [1.54, 1.807) is 6.92 Å². The lowest BCUT2D eigenvalue weighted by atomic mass is 10.1. The maximum atomic E-state index is 12.3. The Morgan fingerprint density at radius 2 is 1.40 bits per heavy atom. The Labute approximate surface area is 337 Å². The highest BCUT2D eigenvalue weighted by molar-refractivity contribution is 8.13. The fraction of sp³-hybridized carbons (Fsp3) is 0.786. The molecule has 10 heteroatoms. The monoisotopic (exact) mass is 794 g/mol. The lowest BCUT2D eigenvalue weighted by Crippen LogP contribution is -2.27. The number of hydrogen-bond acceptors (Lipinski definition) is 9. The molecule has 1 amide bonds. The number of ketones is 1. The van der Waals surface area contributed by atoms with Crippen LogP contribution in [0.5, 0.6) is 0 Å². The topological polar surface area (TPSA) is 97.7 Å². The highest BCUT2D eigenvalue weighted by Crippen LogP contribution is 2.17. The normalized spacial score (nSPS) is 10.7. The molecule has 1 aromatic rings. The van der Waals surface area contributed by atoms with Crippen LogP contribution in [0.2, 0.25) is 0 Å². The van der Waals surface area contributed by atoms with Crippen molar-refractivity contribution in [2.24, 2.45) is 4.99 Å². The number of Topliss-reactive ketones (excluding diaryl/α,β-unsaturated/α-hetero) is 1. The Morgan fingerprint density at radius 3 is 1.81 bits per heavy atom. The molecule has 2 atom stereocenters. The predicted molar refractivity (Wildman–Crippen MR) is 244 cm³/mol. The number of aromatic nitrogens is 1. The van der Waals surface area contributed by atoms with Crippen molar-refractivity contribution < 1.29 is 19.1 Å². The largest absolute Gasteiger partial charge is 0.374 e. The summed E-state index contributed by atoms with van der Waals surface area (Å²) < 4.78 is 5.59. The summed E-state index contributed by atoms with van der Waals surface area (Å²) in [4.78, 5) is 43.0. The lowest BCUT2D eigenvalue weighted by molar-refractivity contribution is -0.123. The molecule has 312 valence electrons. The minimum Gasteiger partial charge on any atom is -0.374 e. The summed E-state index contributed by atoms with van der Waals surface area (Å²) in [6.45, 7) is 35.0. The van der Waals surface area contributed by atoms with Crippen LogP contribution in [0.25, 0.3) is 0 Å². The molecule has 0 unspecified atom stereocenters. The Bertz CT molecular complexity index is 870. The van der Waals surface area contributed by atoms with E-state index in [4.69, 9.17) is 4.74 Å². The average molecular weight is 794 g/mol. The van der Waals surface area contributed by atoms with Crippen LogP contribution in [0.1, 0.15) is 193 Å². The number of hydrogen-bond donors (Lipinski definition) is 1. The summed E-state index contributed by atoms with van der Waals surface area (Å²) in [7, 11) is 0. The number of carbonyl (C=O) groups excluding carboxylic acids is 3. The average Bonchev–Trinajstić information content (AvgIpc) is 3.64. The minimum absolute atomic E-state index is 0.00432. The van der Waals surface area contributed by atoms with Gasteiger partial charge in [-0.15, -0.1) is 23.1 Å². The van der Waals surface area contributed by atoms with Gasteiger partial charge in [0, 0.05) is 17.7 Å². The number of nitrogens with zero attached hydrogens (tertiary/aromatic N) is 2. The number of ether oxygens (including phenoxy) is 1. The van der Waals surface area contributed by atoms with Crippen molar-refractivity contribution in [1.29, 1.82) is 0 Å². The summed E-state index contributed by atoms with van der Waals surface area (Å²) in [6.07, 6.45) is 17.4. The predicted octanol–water partition coefficient (Wildman–Crippen LogP) is 13.8. The van der Waals surface area contributed by atoms with Crippen molar-refractivity contribution in [1.82, 2.24) is 10.3 Å². The van der Waals surface area contributed by atoms with E-state index in [0.717, 1.165) is 17.0 Å². The Hall–Kier alpha value is -1.49. The van der Waals surface area contributed by atoms with Gasteiger partial charge in [0.1, 0.15) is 21.8 Å². The molecule has 7 nitrogen and oxygen atoms in total. The summed E-state index contributed by atoms with van der Waals surface area (Å²) in [5.41, 5.74) is 1.54. The van der Waals surface area contributed by atoms with E-state index in [-0.39, 0.29) is 24.2 Å². The van der Waals surface area contributed by atoms with Gasteiger partial charge in [-0.05, 0) is 33.4 Å². The number of thiazole rings is 1. The first-order valence-electron chi connectivity index (χ1n) is 20.3. The van der Waals surface area contributed by atoms with Gasteiger partial charge in [0.15, 0.2) is 11.4 Å². The molecule has 52 heavy (non-hydrogen) atoms. The Balaban J connectivity index is -0.000000152. The van der Waals surface area contributed by atoms with Crippen molar-refractivity contribution in [3.8, 4) is 0 Å². The van der Waals surface area contributed by atoms with Gasteiger partial charge in [-0.3, -0.25) is 19.4 Å². The first-order valence-corrected chi connectivity index (χ1v) is 23.5. The van der Waals surface area contributed by atoms with Gasteiger partial charge < -0.3 is 10.1 Å². The third-order valence-electron chi connectivity index (χ3n) is 5.35. The van der Waals surface area contributed by atoms with Crippen LogP contribution >= 0.6 is 34.9 Å². The second kappa shape index (κ2) is 61.5. The maximum Gasteiger partial charge on any atom is 0.223 e. The summed E-state index contributed by atoms with van der Waals surface area (Å²) >= 11 is 4.10. The molecule has 1 rings (SSSR count). The van der Waals surface area contributed by atoms with Crippen molar-refractivity contribution in [2.75, 3.05) is 18.6 Å². The molecule has 0 aliphatic carbocycles. The molecule has 0 aliphatic heterocycles. The number of rotatable bonds is 19. The summed E-state index contributed by atoms with van der Waals surface area (Å²) in [6, 6.07) is -0.405. The molecule has 0 bridgehead atoms. The van der Waals surface area contributed by atoms with E-state index in [1.165, 1.54) is 93.2 Å². The van der Waals surface area contributed by atoms with Crippen LogP contribution in [-0.2, 0) is 25.7 Å². The zero-order valence-corrected chi connectivity index (χ0v) is 39.9. The van der Waals surface area contributed by atoms with Crippen LogP contribution < -0.4 is 5.32 Å². The third kappa shape index (κ3) is 52.9. The first kappa shape index (κ1) is 65.4. The van der Waals surface area contributed by atoms with E-state index in [0.29, 0.717) is 29.6 Å². The third-order valence-corrected chi connectivity index (χ3v) is 7.50. The fourth-order valence-corrected chi connectivity index (χ4v) is 4.83. The van der Waals surface area contributed by atoms with Gasteiger partial charge in [0.2, 0.25) is 5.91 Å². The van der Waals surface area contributed by atoms with Gasteiger partial charge in [0.05, 0.1) is 19.1 Å². The zero-order chi connectivity index (χ0) is 42.0. The van der Waals surface area contributed by atoms with Crippen LogP contribution in [0.3, 0.4) is 0 Å². The quantitative estimate of drug-likeness (QED) is 0.0489. The van der Waals surface area contributed by atoms with E-state index < -0.39 is 6.04 Å². The maximum absolute atomic E-state index is 12.3. The van der Waals surface area contributed by atoms with Crippen molar-refractivity contribution >= 4 is 57.2 Å². The van der Waals surface area contributed by atoms with Gasteiger partial charge >= 0.3 is 0 Å².